The van der Waals surface area contributed by atoms with Crippen LogP contribution in [0.5, 0.6) is 0 Å². The molecule has 0 aromatic heterocycles. The van der Waals surface area contributed by atoms with Gasteiger partial charge in [0.05, 0.1) is 0 Å². The van der Waals surface area contributed by atoms with Crippen molar-refractivity contribution in [3.63, 3.8) is 0 Å². The van der Waals surface area contributed by atoms with E-state index in [0.717, 1.165) is 12.8 Å². The van der Waals surface area contributed by atoms with Crippen LogP contribution in [0, 0.1) is 5.92 Å². The van der Waals surface area contributed by atoms with Crippen LogP contribution < -0.4 is 0 Å². The van der Waals surface area contributed by atoms with Gasteiger partial charge in [-0.15, -0.1) is 0 Å². The second-order valence-corrected chi connectivity index (χ2v) is 4.23. The Labute approximate surface area is 94.0 Å². The molecule has 0 fully saturated rings. The molecule has 0 atom stereocenters. The Kier molecular flexibility index (Phi) is 4.61. The molecule has 1 rings (SSSR count). The first kappa shape index (κ1) is 12.0. The molecule has 0 unspecified atom stereocenters. The maximum absolute atomic E-state index is 2.36. The highest BCUT2D eigenvalue weighted by Gasteiger charge is 2.08. The minimum atomic E-state index is 0.609. The number of hydrogen-bond acceptors (Lipinski definition) is 0. The van der Waals surface area contributed by atoms with Gasteiger partial charge in [0.2, 0.25) is 0 Å². The minimum absolute atomic E-state index is 0.609. The fraction of sp³-hybridized carbons (Fsp3) is 0.467. The highest BCUT2D eigenvalue weighted by atomic mass is 14.1. The van der Waals surface area contributed by atoms with Gasteiger partial charge >= 0.3 is 0 Å². The van der Waals surface area contributed by atoms with Crippen molar-refractivity contribution in [3.8, 4) is 0 Å². The van der Waals surface area contributed by atoms with Crippen molar-refractivity contribution >= 4 is 5.57 Å². The number of allylic oxidation sites excluding steroid dienone is 2. The first-order valence-electron chi connectivity index (χ1n) is 5.99. The summed E-state index contributed by atoms with van der Waals surface area (Å²) in [5.74, 6) is 0.609. The number of rotatable bonds is 4. The molecule has 0 saturated heterocycles. The fourth-order valence-electron chi connectivity index (χ4n) is 1.99. The monoisotopic (exact) mass is 202 g/mol. The number of hydrogen-bond donors (Lipinski definition) is 0. The van der Waals surface area contributed by atoms with E-state index in [1.165, 1.54) is 16.7 Å². The molecule has 0 heteroatoms. The van der Waals surface area contributed by atoms with Crippen molar-refractivity contribution in [1.29, 1.82) is 0 Å². The van der Waals surface area contributed by atoms with E-state index in [0.29, 0.717) is 5.92 Å². The molecule has 0 amide bonds. The Bertz CT molecular complexity index is 332. The van der Waals surface area contributed by atoms with E-state index in [2.05, 4.69) is 58.0 Å². The van der Waals surface area contributed by atoms with Crippen LogP contribution in [-0.2, 0) is 6.42 Å². The molecule has 0 heterocycles. The molecular weight excluding hydrogens is 180 g/mol. The molecule has 0 saturated carbocycles. The van der Waals surface area contributed by atoms with Crippen molar-refractivity contribution in [2.75, 3.05) is 0 Å². The zero-order valence-electron chi connectivity index (χ0n) is 10.4. The van der Waals surface area contributed by atoms with E-state index < -0.39 is 0 Å². The van der Waals surface area contributed by atoms with Gasteiger partial charge in [0.1, 0.15) is 0 Å². The lowest BCUT2D eigenvalue weighted by molar-refractivity contribution is 0.847. The van der Waals surface area contributed by atoms with Gasteiger partial charge in [0, 0.05) is 0 Å². The van der Waals surface area contributed by atoms with Crippen LogP contribution in [0.15, 0.2) is 30.3 Å². The zero-order chi connectivity index (χ0) is 11.3. The van der Waals surface area contributed by atoms with Crippen LogP contribution in [0.2, 0.25) is 0 Å². The SMILES string of the molecule is CC/C=C(\c1ccccc1CC)C(C)C. The third kappa shape index (κ3) is 2.95. The summed E-state index contributed by atoms with van der Waals surface area (Å²) in [4.78, 5) is 0. The highest BCUT2D eigenvalue weighted by molar-refractivity contribution is 5.69. The summed E-state index contributed by atoms with van der Waals surface area (Å²) in [6, 6.07) is 8.76. The Balaban J connectivity index is 3.16. The summed E-state index contributed by atoms with van der Waals surface area (Å²) in [7, 11) is 0. The zero-order valence-corrected chi connectivity index (χ0v) is 10.4. The molecule has 0 aliphatic rings. The van der Waals surface area contributed by atoms with Crippen molar-refractivity contribution < 1.29 is 0 Å². The van der Waals surface area contributed by atoms with E-state index in [4.69, 9.17) is 0 Å². The first-order valence-corrected chi connectivity index (χ1v) is 5.99. The van der Waals surface area contributed by atoms with Crippen molar-refractivity contribution in [2.45, 2.75) is 40.5 Å². The summed E-state index contributed by atoms with van der Waals surface area (Å²) in [5, 5.41) is 0. The van der Waals surface area contributed by atoms with Gasteiger partial charge in [-0.25, -0.2) is 0 Å². The van der Waals surface area contributed by atoms with Gasteiger partial charge in [-0.05, 0) is 35.5 Å². The predicted octanol–water partition coefficient (Wildman–Crippen LogP) is 4.70. The standard InChI is InChI=1S/C15H22/c1-5-9-14(12(3)4)15-11-8-7-10-13(15)6-2/h7-12H,5-6H2,1-4H3/b14-9-. The lowest BCUT2D eigenvalue weighted by Crippen LogP contribution is -1.98. The second-order valence-electron chi connectivity index (χ2n) is 4.23. The molecule has 0 spiro atoms. The molecule has 0 bridgehead atoms. The van der Waals surface area contributed by atoms with Gasteiger partial charge in [0.25, 0.3) is 0 Å². The Morgan fingerprint density at radius 3 is 2.40 bits per heavy atom. The van der Waals surface area contributed by atoms with E-state index in [1.807, 2.05) is 0 Å². The minimum Gasteiger partial charge on any atom is -0.0807 e. The first-order chi connectivity index (χ1) is 7.20. The Hall–Kier alpha value is -1.04. The maximum atomic E-state index is 2.36. The topological polar surface area (TPSA) is 0 Å². The maximum Gasteiger partial charge on any atom is -0.0193 e. The van der Waals surface area contributed by atoms with Gasteiger partial charge in [-0.1, -0.05) is 58.0 Å². The smallest absolute Gasteiger partial charge is 0.0193 e. The highest BCUT2D eigenvalue weighted by Crippen LogP contribution is 2.26. The van der Waals surface area contributed by atoms with Crippen LogP contribution in [0.3, 0.4) is 0 Å². The van der Waals surface area contributed by atoms with E-state index in [9.17, 15) is 0 Å². The second kappa shape index (κ2) is 5.75. The molecule has 82 valence electrons. The van der Waals surface area contributed by atoms with Crippen molar-refractivity contribution in [3.05, 3.63) is 41.5 Å². The molecule has 15 heavy (non-hydrogen) atoms. The molecule has 1 aromatic carbocycles. The molecule has 0 nitrogen and oxygen atoms in total. The van der Waals surface area contributed by atoms with Gasteiger partial charge in [-0.2, -0.15) is 0 Å². The predicted molar refractivity (Wildman–Crippen MR) is 68.9 cm³/mol. The fourth-order valence-corrected chi connectivity index (χ4v) is 1.99. The summed E-state index contributed by atoms with van der Waals surface area (Å²) >= 11 is 0. The number of benzene rings is 1. The van der Waals surface area contributed by atoms with E-state index in [-0.39, 0.29) is 0 Å². The quantitative estimate of drug-likeness (QED) is 0.664. The molecule has 0 N–H and O–H groups in total. The third-order valence-electron chi connectivity index (χ3n) is 2.76. The normalized spacial score (nSPS) is 12.2. The molecular formula is C15H22. The van der Waals surface area contributed by atoms with Crippen molar-refractivity contribution in [2.24, 2.45) is 5.92 Å². The lowest BCUT2D eigenvalue weighted by Gasteiger charge is -2.15. The third-order valence-corrected chi connectivity index (χ3v) is 2.76. The largest absolute Gasteiger partial charge is 0.0807 e. The Morgan fingerprint density at radius 1 is 1.20 bits per heavy atom. The summed E-state index contributed by atoms with van der Waals surface area (Å²) in [5.41, 5.74) is 4.40. The van der Waals surface area contributed by atoms with Gasteiger partial charge < -0.3 is 0 Å². The lowest BCUT2D eigenvalue weighted by atomic mass is 9.90. The Morgan fingerprint density at radius 2 is 1.87 bits per heavy atom. The summed E-state index contributed by atoms with van der Waals surface area (Å²) < 4.78 is 0. The number of aryl methyl sites for hydroxylation is 1. The summed E-state index contributed by atoms with van der Waals surface area (Å²) in [6.45, 7) is 8.97. The molecule has 0 radical (unpaired) electrons. The summed E-state index contributed by atoms with van der Waals surface area (Å²) in [6.07, 6.45) is 4.59. The van der Waals surface area contributed by atoms with Crippen LogP contribution in [0.1, 0.15) is 45.2 Å². The van der Waals surface area contributed by atoms with Crippen LogP contribution in [-0.4, -0.2) is 0 Å². The van der Waals surface area contributed by atoms with E-state index in [1.54, 1.807) is 0 Å². The van der Waals surface area contributed by atoms with Gasteiger partial charge in [0.15, 0.2) is 0 Å². The average Bonchev–Trinajstić information content (AvgIpc) is 2.25. The molecule has 1 aromatic rings. The van der Waals surface area contributed by atoms with Crippen LogP contribution in [0.25, 0.3) is 5.57 Å². The molecule has 0 aliphatic carbocycles. The van der Waals surface area contributed by atoms with Crippen LogP contribution in [0.4, 0.5) is 0 Å². The van der Waals surface area contributed by atoms with Crippen LogP contribution >= 0.6 is 0 Å². The van der Waals surface area contributed by atoms with Gasteiger partial charge in [-0.3, -0.25) is 0 Å². The molecule has 0 aliphatic heterocycles. The van der Waals surface area contributed by atoms with Crippen molar-refractivity contribution in [1.82, 2.24) is 0 Å². The average molecular weight is 202 g/mol. The van der Waals surface area contributed by atoms with E-state index >= 15 is 0 Å².